The van der Waals surface area contributed by atoms with Crippen molar-refractivity contribution in [2.45, 2.75) is 64.7 Å². The molecular formula is C15H25ClN4. The lowest BCUT2D eigenvalue weighted by molar-refractivity contribution is 0.297. The quantitative estimate of drug-likeness (QED) is 0.906. The van der Waals surface area contributed by atoms with Crippen LogP contribution >= 0.6 is 11.6 Å². The predicted octanol–water partition coefficient (Wildman–Crippen LogP) is 2.45. The smallest absolute Gasteiger partial charge is 0.0863 e. The van der Waals surface area contributed by atoms with Crippen molar-refractivity contribution in [1.82, 2.24) is 20.0 Å². The van der Waals surface area contributed by atoms with Crippen LogP contribution in [-0.4, -0.2) is 39.9 Å². The zero-order valence-corrected chi connectivity index (χ0v) is 13.3. The number of rotatable bonds is 5. The van der Waals surface area contributed by atoms with E-state index in [0.29, 0.717) is 6.04 Å². The largest absolute Gasteiger partial charge is 0.307 e. The molecule has 3 rings (SSSR count). The second kappa shape index (κ2) is 6.04. The molecule has 1 aromatic rings. The molecule has 2 saturated heterocycles. The van der Waals surface area contributed by atoms with Crippen LogP contribution in [0.2, 0.25) is 5.02 Å². The predicted molar refractivity (Wildman–Crippen MR) is 82.1 cm³/mol. The Bertz CT molecular complexity index is 471. The first kappa shape index (κ1) is 14.4. The Hall–Kier alpha value is -0.580. The van der Waals surface area contributed by atoms with E-state index >= 15 is 0 Å². The number of hydrogen-bond donors (Lipinski definition) is 1. The summed E-state index contributed by atoms with van der Waals surface area (Å²) in [5.41, 5.74) is 2.18. The van der Waals surface area contributed by atoms with E-state index in [1.54, 1.807) is 0 Å². The Kier molecular flexibility index (Phi) is 4.34. The molecule has 2 fully saturated rings. The zero-order valence-electron chi connectivity index (χ0n) is 12.5. The molecule has 0 amide bonds. The van der Waals surface area contributed by atoms with Gasteiger partial charge in [-0.25, -0.2) is 0 Å². The summed E-state index contributed by atoms with van der Waals surface area (Å²) >= 11 is 6.47. The van der Waals surface area contributed by atoms with Crippen molar-refractivity contribution < 1.29 is 0 Å². The highest BCUT2D eigenvalue weighted by molar-refractivity contribution is 6.31. The summed E-state index contributed by atoms with van der Waals surface area (Å²) in [6.07, 6.45) is 4.87. The fraction of sp³-hybridized carbons (Fsp3) is 0.800. The van der Waals surface area contributed by atoms with Gasteiger partial charge in [-0.1, -0.05) is 18.5 Å². The molecule has 0 saturated carbocycles. The molecule has 1 aromatic heterocycles. The van der Waals surface area contributed by atoms with E-state index in [9.17, 15) is 0 Å². The minimum atomic E-state index is 0.624. The summed E-state index contributed by atoms with van der Waals surface area (Å²) in [5, 5.41) is 9.19. The van der Waals surface area contributed by atoms with Crippen molar-refractivity contribution in [3.63, 3.8) is 0 Å². The van der Waals surface area contributed by atoms with Gasteiger partial charge in [0.1, 0.15) is 0 Å². The minimum absolute atomic E-state index is 0.624. The van der Waals surface area contributed by atoms with Gasteiger partial charge in [0.05, 0.1) is 16.4 Å². The van der Waals surface area contributed by atoms with E-state index in [1.165, 1.54) is 32.4 Å². The van der Waals surface area contributed by atoms with Crippen LogP contribution < -0.4 is 5.32 Å². The summed E-state index contributed by atoms with van der Waals surface area (Å²) < 4.78 is 2.05. The molecule has 2 atom stereocenters. The summed E-state index contributed by atoms with van der Waals surface area (Å²) in [7, 11) is 0. The Morgan fingerprint density at radius 2 is 2.15 bits per heavy atom. The van der Waals surface area contributed by atoms with E-state index in [4.69, 9.17) is 11.6 Å². The summed E-state index contributed by atoms with van der Waals surface area (Å²) in [6, 6.07) is 1.37. The Balaban J connectivity index is 1.67. The van der Waals surface area contributed by atoms with E-state index in [2.05, 4.69) is 33.8 Å². The maximum atomic E-state index is 6.47. The second-order valence-corrected chi connectivity index (χ2v) is 6.28. The van der Waals surface area contributed by atoms with Crippen molar-refractivity contribution in [2.24, 2.45) is 0 Å². The van der Waals surface area contributed by atoms with Gasteiger partial charge in [0.25, 0.3) is 0 Å². The third-order valence-electron chi connectivity index (χ3n) is 4.83. The average molecular weight is 297 g/mol. The van der Waals surface area contributed by atoms with Gasteiger partial charge in [-0.3, -0.25) is 9.58 Å². The Morgan fingerprint density at radius 1 is 1.30 bits per heavy atom. The van der Waals surface area contributed by atoms with E-state index < -0.39 is 0 Å². The van der Waals surface area contributed by atoms with Gasteiger partial charge in [-0.15, -0.1) is 0 Å². The Labute approximate surface area is 126 Å². The number of fused-ring (bicyclic) bond motifs is 1. The molecule has 0 radical (unpaired) electrons. The number of hydrogen-bond acceptors (Lipinski definition) is 3. The SMILES string of the molecule is CCc1nn(CC)c(CNC2CCN3CCCC23)c1Cl. The van der Waals surface area contributed by atoms with E-state index in [0.717, 1.165) is 42.0 Å². The molecule has 1 N–H and O–H groups in total. The third kappa shape index (κ3) is 2.49. The fourth-order valence-electron chi connectivity index (χ4n) is 3.73. The molecule has 0 aromatic carbocycles. The van der Waals surface area contributed by atoms with Crippen LogP contribution in [0.4, 0.5) is 0 Å². The highest BCUT2D eigenvalue weighted by atomic mass is 35.5. The molecule has 0 spiro atoms. The molecular weight excluding hydrogens is 272 g/mol. The fourth-order valence-corrected chi connectivity index (χ4v) is 4.07. The molecule has 4 nitrogen and oxygen atoms in total. The normalized spacial score (nSPS) is 26.4. The van der Waals surface area contributed by atoms with Crippen LogP contribution in [0.15, 0.2) is 0 Å². The van der Waals surface area contributed by atoms with Crippen LogP contribution in [0.1, 0.15) is 44.5 Å². The molecule has 0 aliphatic carbocycles. The number of aromatic nitrogens is 2. The summed E-state index contributed by atoms with van der Waals surface area (Å²) in [4.78, 5) is 2.63. The van der Waals surface area contributed by atoms with Gasteiger partial charge in [0.2, 0.25) is 0 Å². The van der Waals surface area contributed by atoms with Gasteiger partial charge in [0.15, 0.2) is 0 Å². The first-order valence-corrected chi connectivity index (χ1v) is 8.33. The Morgan fingerprint density at radius 3 is 2.90 bits per heavy atom. The minimum Gasteiger partial charge on any atom is -0.307 e. The van der Waals surface area contributed by atoms with Gasteiger partial charge in [-0.05, 0) is 39.2 Å². The summed E-state index contributed by atoms with van der Waals surface area (Å²) in [6.45, 7) is 8.50. The number of halogens is 1. The molecule has 112 valence electrons. The zero-order chi connectivity index (χ0) is 14.1. The van der Waals surface area contributed by atoms with Crippen LogP contribution in [-0.2, 0) is 19.5 Å². The lowest BCUT2D eigenvalue weighted by Crippen LogP contribution is -2.39. The topological polar surface area (TPSA) is 33.1 Å². The molecule has 5 heteroatoms. The average Bonchev–Trinajstić information content (AvgIpc) is 3.12. The molecule has 2 aliphatic heterocycles. The second-order valence-electron chi connectivity index (χ2n) is 5.90. The van der Waals surface area contributed by atoms with Crippen LogP contribution in [0.25, 0.3) is 0 Å². The summed E-state index contributed by atoms with van der Waals surface area (Å²) in [5.74, 6) is 0. The monoisotopic (exact) mass is 296 g/mol. The van der Waals surface area contributed by atoms with Crippen LogP contribution in [0.3, 0.4) is 0 Å². The molecule has 2 unspecified atom stereocenters. The molecule has 3 heterocycles. The van der Waals surface area contributed by atoms with Crippen LogP contribution in [0.5, 0.6) is 0 Å². The molecule has 0 bridgehead atoms. The van der Waals surface area contributed by atoms with Gasteiger partial charge >= 0.3 is 0 Å². The maximum Gasteiger partial charge on any atom is 0.0863 e. The number of aryl methyl sites for hydroxylation is 2. The van der Waals surface area contributed by atoms with Crippen molar-refractivity contribution >= 4 is 11.6 Å². The van der Waals surface area contributed by atoms with Gasteiger partial charge in [0, 0.05) is 31.7 Å². The van der Waals surface area contributed by atoms with Crippen molar-refractivity contribution in [3.8, 4) is 0 Å². The first-order chi connectivity index (χ1) is 9.74. The van der Waals surface area contributed by atoms with Crippen molar-refractivity contribution in [1.29, 1.82) is 0 Å². The molecule has 2 aliphatic rings. The van der Waals surface area contributed by atoms with Gasteiger partial charge in [-0.2, -0.15) is 5.10 Å². The highest BCUT2D eigenvalue weighted by Crippen LogP contribution is 2.29. The van der Waals surface area contributed by atoms with Crippen molar-refractivity contribution in [2.75, 3.05) is 13.1 Å². The lowest BCUT2D eigenvalue weighted by atomic mass is 10.1. The highest BCUT2D eigenvalue weighted by Gasteiger charge is 2.36. The first-order valence-electron chi connectivity index (χ1n) is 7.96. The van der Waals surface area contributed by atoms with Gasteiger partial charge < -0.3 is 5.32 Å². The maximum absolute atomic E-state index is 6.47. The third-order valence-corrected chi connectivity index (χ3v) is 5.27. The van der Waals surface area contributed by atoms with Crippen molar-refractivity contribution in [3.05, 3.63) is 16.4 Å². The van der Waals surface area contributed by atoms with E-state index in [-0.39, 0.29) is 0 Å². The van der Waals surface area contributed by atoms with E-state index in [1.807, 2.05) is 0 Å². The number of nitrogens with one attached hydrogen (secondary N) is 1. The lowest BCUT2D eigenvalue weighted by Gasteiger charge is -2.21. The molecule has 20 heavy (non-hydrogen) atoms. The standard InChI is InChI=1S/C15H25ClN4/c1-3-11-15(16)14(20(4-2)18-11)10-17-12-7-9-19-8-5-6-13(12)19/h12-13,17H,3-10H2,1-2H3. The number of nitrogens with zero attached hydrogens (tertiary/aromatic N) is 3. The van der Waals surface area contributed by atoms with Crippen LogP contribution in [0, 0.1) is 0 Å².